The van der Waals surface area contributed by atoms with E-state index in [1.165, 1.54) is 32.2 Å². The van der Waals surface area contributed by atoms with Crippen LogP contribution in [0.3, 0.4) is 0 Å². The fourth-order valence-corrected chi connectivity index (χ4v) is 3.37. The average molecular weight is 611 g/mol. The second-order valence-electron chi connectivity index (χ2n) is 8.45. The van der Waals surface area contributed by atoms with Gasteiger partial charge in [-0.05, 0) is 25.1 Å². The van der Waals surface area contributed by atoms with Gasteiger partial charge < -0.3 is 44.2 Å². The third-order valence-corrected chi connectivity index (χ3v) is 5.40. The van der Waals surface area contributed by atoms with Gasteiger partial charge in [0.2, 0.25) is 0 Å². The van der Waals surface area contributed by atoms with E-state index in [-0.39, 0.29) is 41.7 Å². The zero-order valence-corrected chi connectivity index (χ0v) is 23.7. The maximum atomic E-state index is 12.2. The second kappa shape index (κ2) is 18.8. The standard InChI is InChI=1S/C26H34N4O13/c1-18(42-26(32)43-20-5-3-19(4-6-20)29(33)34)21-15-23(37-2)24(16-22(21)30(35)36)41-17-25(31)28-8-10-39-12-14-40-13-11-38-9-7-27/h3-6,15-16,18H,7-14,17,27H2,1-2H3,(H,28,31). The number of hydrogen-bond acceptors (Lipinski definition) is 14. The molecule has 0 heterocycles. The number of ether oxygens (including phenoxy) is 7. The molecule has 2 rings (SSSR count). The number of carbonyl (C=O) groups is 2. The third-order valence-electron chi connectivity index (χ3n) is 5.40. The highest BCUT2D eigenvalue weighted by molar-refractivity contribution is 5.77. The largest absolute Gasteiger partial charge is 0.514 e. The van der Waals surface area contributed by atoms with E-state index >= 15 is 0 Å². The van der Waals surface area contributed by atoms with Crippen molar-refractivity contribution in [3.63, 3.8) is 0 Å². The molecule has 0 fully saturated rings. The van der Waals surface area contributed by atoms with E-state index < -0.39 is 40.3 Å². The first-order valence-corrected chi connectivity index (χ1v) is 13.0. The Morgan fingerprint density at radius 3 is 2.12 bits per heavy atom. The van der Waals surface area contributed by atoms with Crippen molar-refractivity contribution < 1.29 is 52.6 Å². The monoisotopic (exact) mass is 610 g/mol. The maximum Gasteiger partial charge on any atom is 0.514 e. The van der Waals surface area contributed by atoms with Crippen LogP contribution in [0.2, 0.25) is 0 Å². The summed E-state index contributed by atoms with van der Waals surface area (Å²) in [5.41, 5.74) is 4.60. The summed E-state index contributed by atoms with van der Waals surface area (Å²) in [5.74, 6) is -0.573. The van der Waals surface area contributed by atoms with Gasteiger partial charge in [-0.1, -0.05) is 0 Å². The highest BCUT2D eigenvalue weighted by Crippen LogP contribution is 2.38. The van der Waals surface area contributed by atoms with Crippen molar-refractivity contribution in [2.75, 3.05) is 66.4 Å². The minimum Gasteiger partial charge on any atom is -0.493 e. The zero-order chi connectivity index (χ0) is 31.6. The lowest BCUT2D eigenvalue weighted by molar-refractivity contribution is -0.386. The molecule has 17 nitrogen and oxygen atoms in total. The Kier molecular flexibility index (Phi) is 15.1. The molecule has 0 aliphatic carbocycles. The van der Waals surface area contributed by atoms with Crippen LogP contribution in [-0.2, 0) is 23.7 Å². The first-order chi connectivity index (χ1) is 20.7. The van der Waals surface area contributed by atoms with Crippen molar-refractivity contribution in [2.45, 2.75) is 13.0 Å². The van der Waals surface area contributed by atoms with Crippen molar-refractivity contribution in [3.8, 4) is 17.2 Å². The number of amides is 1. The average Bonchev–Trinajstić information content (AvgIpc) is 2.98. The molecule has 0 spiro atoms. The second-order valence-corrected chi connectivity index (χ2v) is 8.45. The van der Waals surface area contributed by atoms with Gasteiger partial charge in [-0.2, -0.15) is 0 Å². The highest BCUT2D eigenvalue weighted by Gasteiger charge is 2.27. The fourth-order valence-electron chi connectivity index (χ4n) is 3.37. The van der Waals surface area contributed by atoms with Crippen molar-refractivity contribution >= 4 is 23.4 Å². The molecule has 3 N–H and O–H groups in total. The van der Waals surface area contributed by atoms with Gasteiger partial charge in [-0.3, -0.25) is 25.0 Å². The van der Waals surface area contributed by atoms with Gasteiger partial charge in [-0.15, -0.1) is 0 Å². The van der Waals surface area contributed by atoms with Gasteiger partial charge in [0, 0.05) is 25.2 Å². The molecule has 17 heteroatoms. The molecule has 0 saturated carbocycles. The molecule has 43 heavy (non-hydrogen) atoms. The zero-order valence-electron chi connectivity index (χ0n) is 23.7. The Balaban J connectivity index is 1.86. The fraction of sp³-hybridized carbons (Fsp3) is 0.462. The quantitative estimate of drug-likeness (QED) is 0.0722. The van der Waals surface area contributed by atoms with E-state index in [0.717, 1.165) is 18.2 Å². The van der Waals surface area contributed by atoms with Gasteiger partial charge in [0.15, 0.2) is 18.1 Å². The number of nitrogens with zero attached hydrogens (tertiary/aromatic N) is 2. The maximum absolute atomic E-state index is 12.2. The lowest BCUT2D eigenvalue weighted by Crippen LogP contribution is -2.32. The predicted molar refractivity (Wildman–Crippen MR) is 148 cm³/mol. The van der Waals surface area contributed by atoms with Crippen molar-refractivity contribution in [2.24, 2.45) is 5.73 Å². The molecule has 0 aliphatic rings. The SMILES string of the molecule is COc1cc(C(C)OC(=O)Oc2ccc([N+](=O)[O-])cc2)c([N+](=O)[O-])cc1OCC(=O)NCCOCCOCCOCCN. The Hall–Kier alpha value is -4.58. The normalized spacial score (nSPS) is 11.3. The summed E-state index contributed by atoms with van der Waals surface area (Å²) < 4.78 is 36.7. The predicted octanol–water partition coefficient (Wildman–Crippen LogP) is 2.29. The summed E-state index contributed by atoms with van der Waals surface area (Å²) >= 11 is 0. The molecule has 0 aliphatic heterocycles. The van der Waals surface area contributed by atoms with Crippen LogP contribution in [0, 0.1) is 20.2 Å². The summed E-state index contributed by atoms with van der Waals surface area (Å²) in [6.45, 7) is 3.81. The summed E-state index contributed by atoms with van der Waals surface area (Å²) in [4.78, 5) is 45.6. The van der Waals surface area contributed by atoms with Crippen LogP contribution in [0.5, 0.6) is 17.2 Å². The minimum absolute atomic E-state index is 0.0299. The van der Waals surface area contributed by atoms with Crippen LogP contribution in [0.15, 0.2) is 36.4 Å². The van der Waals surface area contributed by atoms with Gasteiger partial charge in [-0.25, -0.2) is 4.79 Å². The minimum atomic E-state index is -1.20. The lowest BCUT2D eigenvalue weighted by Gasteiger charge is -2.17. The van der Waals surface area contributed by atoms with Crippen LogP contribution in [0.25, 0.3) is 0 Å². The Labute approximate surface area is 246 Å². The molecular formula is C26H34N4O13. The van der Waals surface area contributed by atoms with Crippen molar-refractivity contribution in [3.05, 3.63) is 62.2 Å². The molecule has 1 atom stereocenters. The number of non-ortho nitro benzene ring substituents is 1. The Morgan fingerprint density at radius 2 is 1.53 bits per heavy atom. The van der Waals surface area contributed by atoms with Crippen LogP contribution < -0.4 is 25.3 Å². The van der Waals surface area contributed by atoms with Crippen LogP contribution in [0.4, 0.5) is 16.2 Å². The number of hydrogen-bond donors (Lipinski definition) is 2. The summed E-state index contributed by atoms with van der Waals surface area (Å²) in [5, 5.41) is 25.1. The van der Waals surface area contributed by atoms with Crippen LogP contribution in [-0.4, -0.2) is 88.4 Å². The van der Waals surface area contributed by atoms with Crippen LogP contribution >= 0.6 is 0 Å². The van der Waals surface area contributed by atoms with Gasteiger partial charge >= 0.3 is 6.16 Å². The molecule has 1 unspecified atom stereocenters. The molecular weight excluding hydrogens is 576 g/mol. The number of nitrogens with one attached hydrogen (secondary N) is 1. The molecule has 1 amide bonds. The van der Waals surface area contributed by atoms with Gasteiger partial charge in [0.05, 0.1) is 68.2 Å². The Bertz CT molecular complexity index is 1210. The number of nitrogens with two attached hydrogens (primary N) is 1. The van der Waals surface area contributed by atoms with Gasteiger partial charge in [0.25, 0.3) is 17.3 Å². The smallest absolute Gasteiger partial charge is 0.493 e. The number of carbonyl (C=O) groups excluding carboxylic acids is 2. The summed E-state index contributed by atoms with van der Waals surface area (Å²) in [6.07, 6.45) is -2.37. The van der Waals surface area contributed by atoms with E-state index in [0.29, 0.717) is 39.6 Å². The topological polar surface area (TPSA) is 223 Å². The lowest BCUT2D eigenvalue weighted by atomic mass is 10.1. The molecule has 2 aromatic rings. The highest BCUT2D eigenvalue weighted by atomic mass is 16.7. The molecule has 0 bridgehead atoms. The van der Waals surface area contributed by atoms with E-state index in [1.807, 2.05) is 0 Å². The number of nitro groups is 2. The number of benzene rings is 2. The molecule has 236 valence electrons. The summed E-state index contributed by atoms with van der Waals surface area (Å²) in [6, 6.07) is 6.96. The van der Waals surface area contributed by atoms with E-state index in [4.69, 9.17) is 38.9 Å². The first kappa shape index (κ1) is 34.6. The van der Waals surface area contributed by atoms with Crippen molar-refractivity contribution in [1.29, 1.82) is 0 Å². The molecule has 0 saturated heterocycles. The molecule has 2 aromatic carbocycles. The van der Waals surface area contributed by atoms with E-state index in [2.05, 4.69) is 5.32 Å². The van der Waals surface area contributed by atoms with Crippen molar-refractivity contribution in [1.82, 2.24) is 5.32 Å². The summed E-state index contributed by atoms with van der Waals surface area (Å²) in [7, 11) is 1.29. The van der Waals surface area contributed by atoms with E-state index in [9.17, 15) is 29.8 Å². The number of rotatable bonds is 20. The Morgan fingerprint density at radius 1 is 0.907 bits per heavy atom. The van der Waals surface area contributed by atoms with Gasteiger partial charge in [0.1, 0.15) is 11.9 Å². The number of methoxy groups -OCH3 is 1. The molecule has 0 aromatic heterocycles. The third kappa shape index (κ3) is 12.4. The van der Waals surface area contributed by atoms with Crippen LogP contribution in [0.1, 0.15) is 18.6 Å². The first-order valence-electron chi connectivity index (χ1n) is 13.0. The van der Waals surface area contributed by atoms with E-state index in [1.54, 1.807) is 0 Å². The molecule has 0 radical (unpaired) electrons. The number of nitro benzene ring substituents is 2.